The third-order valence-corrected chi connectivity index (χ3v) is 13.5. The van der Waals surface area contributed by atoms with E-state index in [0.29, 0.717) is 0 Å². The quantitative estimate of drug-likeness (QED) is 0.153. The molecule has 0 unspecified atom stereocenters. The maximum Gasteiger partial charge on any atom is 0.279 e. The van der Waals surface area contributed by atoms with Gasteiger partial charge in [0, 0.05) is 5.69 Å². The molecule has 0 fully saturated rings. The lowest BCUT2D eigenvalue weighted by Crippen LogP contribution is -2.36. The Kier molecular flexibility index (Phi) is 8.13. The van der Waals surface area contributed by atoms with E-state index in [4.69, 9.17) is 4.99 Å². The van der Waals surface area contributed by atoms with E-state index in [1.54, 1.807) is 0 Å². The van der Waals surface area contributed by atoms with Gasteiger partial charge in [-0.2, -0.15) is 4.58 Å². The molecule has 298 valence electrons. The van der Waals surface area contributed by atoms with Gasteiger partial charge in [0.15, 0.2) is 0 Å². The van der Waals surface area contributed by atoms with E-state index in [-0.39, 0.29) is 0 Å². The molecule has 3 nitrogen and oxygen atoms in total. The highest BCUT2D eigenvalue weighted by molar-refractivity contribution is 6.16. The highest BCUT2D eigenvalue weighted by atomic mass is 15.2. The van der Waals surface area contributed by atoms with Gasteiger partial charge in [0.2, 0.25) is 0 Å². The Hall–Kier alpha value is -8.40. The van der Waals surface area contributed by atoms with Crippen molar-refractivity contribution >= 4 is 45.2 Å². The van der Waals surface area contributed by atoms with Gasteiger partial charge in [-0.05, 0) is 133 Å². The average molecular weight is 815 g/mol. The molecule has 2 heterocycles. The highest BCUT2D eigenvalue weighted by Crippen LogP contribution is 2.64. The van der Waals surface area contributed by atoms with Crippen molar-refractivity contribution in [2.45, 2.75) is 5.41 Å². The zero-order valence-corrected chi connectivity index (χ0v) is 34.9. The van der Waals surface area contributed by atoms with Crippen molar-refractivity contribution in [1.82, 2.24) is 0 Å². The van der Waals surface area contributed by atoms with Crippen LogP contribution in [0.1, 0.15) is 33.4 Å². The molecule has 64 heavy (non-hydrogen) atoms. The number of anilines is 3. The molecule has 0 amide bonds. The van der Waals surface area contributed by atoms with Crippen molar-refractivity contribution in [1.29, 1.82) is 0 Å². The molecule has 10 aromatic rings. The summed E-state index contributed by atoms with van der Waals surface area (Å²) in [6.45, 7) is 0. The van der Waals surface area contributed by atoms with E-state index in [0.717, 1.165) is 39.7 Å². The molecule has 13 rings (SSSR count). The molecule has 3 aliphatic rings. The molecular weight excluding hydrogens is 775 g/mol. The van der Waals surface area contributed by atoms with Gasteiger partial charge >= 0.3 is 0 Å². The van der Waals surface area contributed by atoms with Gasteiger partial charge in [0.05, 0.1) is 27.9 Å². The van der Waals surface area contributed by atoms with E-state index < -0.39 is 5.41 Å². The zero-order chi connectivity index (χ0) is 42.2. The number of hydrogen-bond donors (Lipinski definition) is 0. The maximum atomic E-state index is 5.18. The van der Waals surface area contributed by atoms with Crippen molar-refractivity contribution in [3.63, 3.8) is 0 Å². The van der Waals surface area contributed by atoms with Crippen LogP contribution >= 0.6 is 0 Å². The summed E-state index contributed by atoms with van der Waals surface area (Å²) in [5.74, 6) is 1.88. The van der Waals surface area contributed by atoms with Gasteiger partial charge in [-0.25, -0.2) is 0 Å². The second-order valence-corrected chi connectivity index (χ2v) is 16.9. The molecule has 3 heteroatoms. The lowest BCUT2D eigenvalue weighted by atomic mass is 9.63. The van der Waals surface area contributed by atoms with Crippen LogP contribution in [0.5, 0.6) is 0 Å². The van der Waals surface area contributed by atoms with Gasteiger partial charge in [-0.15, -0.1) is 0 Å². The van der Waals surface area contributed by atoms with E-state index in [1.165, 1.54) is 72.2 Å². The van der Waals surface area contributed by atoms with Crippen molar-refractivity contribution < 1.29 is 4.58 Å². The Labute approximate surface area is 372 Å². The Morgan fingerprint density at radius 2 is 0.891 bits per heavy atom. The summed E-state index contributed by atoms with van der Waals surface area (Å²) >= 11 is 0. The molecule has 0 aromatic heterocycles. The maximum absolute atomic E-state index is 5.18. The Bertz CT molecular complexity index is 3470. The molecule has 0 bridgehead atoms. The third-order valence-electron chi connectivity index (χ3n) is 13.5. The summed E-state index contributed by atoms with van der Waals surface area (Å²) in [4.78, 5) is 7.63. The van der Waals surface area contributed by atoms with Crippen LogP contribution in [0.3, 0.4) is 0 Å². The first-order valence-electron chi connectivity index (χ1n) is 22.0. The predicted octanol–water partition coefficient (Wildman–Crippen LogP) is 14.9. The van der Waals surface area contributed by atoms with Crippen molar-refractivity contribution in [2.24, 2.45) is 4.99 Å². The lowest BCUT2D eigenvalue weighted by molar-refractivity contribution is -0.319. The summed E-state index contributed by atoms with van der Waals surface area (Å²) in [6, 6.07) is 88.5. The van der Waals surface area contributed by atoms with Crippen LogP contribution in [-0.2, 0) is 5.41 Å². The van der Waals surface area contributed by atoms with E-state index in [1.807, 2.05) is 0 Å². The van der Waals surface area contributed by atoms with Crippen LogP contribution in [0.15, 0.2) is 248 Å². The number of benzene rings is 10. The molecule has 2 aliphatic heterocycles. The fraction of sp³-hybridized carbons (Fsp3) is 0.0164. The summed E-state index contributed by atoms with van der Waals surface area (Å²) in [5.41, 5.74) is 18.8. The van der Waals surface area contributed by atoms with Gasteiger partial charge in [0.1, 0.15) is 5.69 Å². The molecule has 0 saturated heterocycles. The molecule has 0 N–H and O–H groups in total. The second kappa shape index (κ2) is 14.3. The van der Waals surface area contributed by atoms with E-state index in [9.17, 15) is 0 Å². The van der Waals surface area contributed by atoms with Crippen molar-refractivity contribution in [2.75, 3.05) is 4.90 Å². The SMILES string of the molecule is c1ccc(C2=[N+](c3ccc(-c4ccccc4)cc3)C(c3ccc(-c4ccc5c(c4)C4(c6ccccc6N(c6ccccc6)c6ccccc64)c4c-5ccc5ccccc45)cc3)=N2)cc1. The average Bonchev–Trinajstić information content (AvgIpc) is 3.65. The third kappa shape index (κ3) is 5.34. The smallest absolute Gasteiger partial charge is 0.279 e. The van der Waals surface area contributed by atoms with Crippen LogP contribution in [-0.4, -0.2) is 16.2 Å². The zero-order valence-electron chi connectivity index (χ0n) is 34.9. The molecule has 0 radical (unpaired) electrons. The Morgan fingerprint density at radius 3 is 1.59 bits per heavy atom. The topological polar surface area (TPSA) is 18.6 Å². The van der Waals surface area contributed by atoms with E-state index >= 15 is 0 Å². The van der Waals surface area contributed by atoms with Crippen LogP contribution in [0.4, 0.5) is 22.7 Å². The molecule has 1 aliphatic carbocycles. The van der Waals surface area contributed by atoms with Gasteiger partial charge in [-0.1, -0.05) is 181 Å². The first-order chi connectivity index (χ1) is 31.8. The fourth-order valence-corrected chi connectivity index (χ4v) is 10.7. The number of rotatable bonds is 6. The minimum Gasteiger partial charge on any atom is -0.310 e. The summed E-state index contributed by atoms with van der Waals surface area (Å²) < 4.78 is 2.29. The Morgan fingerprint density at radius 1 is 0.375 bits per heavy atom. The Balaban J connectivity index is 0.949. The summed E-state index contributed by atoms with van der Waals surface area (Å²) in [5, 5.41) is 2.53. The van der Waals surface area contributed by atoms with Gasteiger partial charge in [0.25, 0.3) is 11.7 Å². The second-order valence-electron chi connectivity index (χ2n) is 16.9. The predicted molar refractivity (Wildman–Crippen MR) is 264 cm³/mol. The van der Waals surface area contributed by atoms with Crippen LogP contribution in [0.2, 0.25) is 0 Å². The van der Waals surface area contributed by atoms with Crippen molar-refractivity contribution in [3.8, 4) is 33.4 Å². The minimum atomic E-state index is -0.569. The first kappa shape index (κ1) is 36.3. The number of para-hydroxylation sites is 3. The number of hydrogen-bond acceptors (Lipinski definition) is 2. The standard InChI is InChI=1S/C61H40N3/c1-4-16-41(17-5-1)42-32-36-49(37-33-42)64-59(45-19-6-2-7-20-45)62-60(64)46-30-28-43(29-31-46)47-35-38-51-52-39-34-44-18-10-11-23-50(44)58(52)61(55(51)40-47)53-24-12-14-26-56(53)63(48-21-8-3-9-22-48)57-27-15-13-25-54(57)61/h1-40H/q+1. The minimum absolute atomic E-state index is 0.569. The van der Waals surface area contributed by atoms with Crippen molar-refractivity contribution in [3.05, 3.63) is 276 Å². The summed E-state index contributed by atoms with van der Waals surface area (Å²) in [7, 11) is 0. The number of aliphatic imine (C=N–C) groups is 1. The van der Waals surface area contributed by atoms with Gasteiger partial charge in [-0.3, -0.25) is 0 Å². The number of fused-ring (bicyclic) bond motifs is 11. The van der Waals surface area contributed by atoms with E-state index in [2.05, 4.69) is 252 Å². The molecular formula is C61H40N3+. The molecule has 1 spiro atoms. The van der Waals surface area contributed by atoms with Crippen LogP contribution < -0.4 is 4.90 Å². The molecule has 0 saturated carbocycles. The lowest BCUT2D eigenvalue weighted by Gasteiger charge is -2.45. The highest BCUT2D eigenvalue weighted by Gasteiger charge is 2.52. The molecule has 0 atom stereocenters. The fourth-order valence-electron chi connectivity index (χ4n) is 10.7. The van der Waals surface area contributed by atoms with Crippen LogP contribution in [0.25, 0.3) is 44.2 Å². The first-order valence-corrected chi connectivity index (χ1v) is 22.0. The largest absolute Gasteiger partial charge is 0.310 e. The summed E-state index contributed by atoms with van der Waals surface area (Å²) in [6.07, 6.45) is 0. The van der Waals surface area contributed by atoms with Gasteiger partial charge < -0.3 is 4.90 Å². The molecule has 10 aromatic carbocycles. The monoisotopic (exact) mass is 814 g/mol. The van der Waals surface area contributed by atoms with Crippen LogP contribution in [0, 0.1) is 0 Å². The normalized spacial score (nSPS) is 14.1. The number of amidine groups is 2. The number of nitrogens with zero attached hydrogens (tertiary/aromatic N) is 3.